The zero-order valence-corrected chi connectivity index (χ0v) is 14.1. The molecule has 0 radical (unpaired) electrons. The van der Waals surface area contributed by atoms with Gasteiger partial charge < -0.3 is 10.3 Å². The Kier molecular flexibility index (Phi) is 4.05. The third-order valence-corrected chi connectivity index (χ3v) is 4.44. The molecule has 0 aliphatic heterocycles. The van der Waals surface area contributed by atoms with Crippen molar-refractivity contribution in [2.45, 2.75) is 39.2 Å². The number of aromatic nitrogens is 5. The minimum atomic E-state index is -0.175. The highest BCUT2D eigenvalue weighted by atomic mass is 16.1. The topological polar surface area (TPSA) is 88.5 Å². The Morgan fingerprint density at radius 2 is 2.32 bits per heavy atom. The summed E-state index contributed by atoms with van der Waals surface area (Å²) < 4.78 is 1.83. The second-order valence-corrected chi connectivity index (χ2v) is 6.22. The smallest absolute Gasteiger partial charge is 0.259 e. The van der Waals surface area contributed by atoms with Gasteiger partial charge in [-0.2, -0.15) is 5.10 Å². The molecular weight excluding hydrogens is 316 g/mol. The van der Waals surface area contributed by atoms with Gasteiger partial charge in [0.25, 0.3) is 5.91 Å². The number of nitrogens with zero attached hydrogens (tertiary/aromatic N) is 4. The molecule has 0 saturated carbocycles. The maximum absolute atomic E-state index is 12.8. The summed E-state index contributed by atoms with van der Waals surface area (Å²) in [6.07, 6.45) is 10.8. The number of carbonyl (C=O) groups excluding carboxylic acids is 1. The van der Waals surface area contributed by atoms with E-state index in [4.69, 9.17) is 0 Å². The van der Waals surface area contributed by atoms with Gasteiger partial charge in [0.15, 0.2) is 5.82 Å². The highest BCUT2D eigenvalue weighted by Gasteiger charge is 2.24. The summed E-state index contributed by atoms with van der Waals surface area (Å²) in [5, 5.41) is 7.26. The average molecular weight is 336 g/mol. The average Bonchev–Trinajstić information content (AvgIpc) is 3.18. The van der Waals surface area contributed by atoms with Gasteiger partial charge in [-0.05, 0) is 31.2 Å². The molecule has 7 nitrogen and oxygen atoms in total. The van der Waals surface area contributed by atoms with Gasteiger partial charge in [0.05, 0.1) is 11.3 Å². The third kappa shape index (κ3) is 2.93. The summed E-state index contributed by atoms with van der Waals surface area (Å²) in [5.74, 6) is 0.385. The lowest BCUT2D eigenvalue weighted by atomic mass is 10.0. The summed E-state index contributed by atoms with van der Waals surface area (Å²) in [6.45, 7) is 2.92. The van der Waals surface area contributed by atoms with Crippen LogP contribution >= 0.6 is 0 Å². The third-order valence-electron chi connectivity index (χ3n) is 4.44. The Morgan fingerprint density at radius 3 is 3.20 bits per heavy atom. The second kappa shape index (κ2) is 6.51. The Hall–Kier alpha value is -2.96. The van der Waals surface area contributed by atoms with E-state index in [1.54, 1.807) is 6.20 Å². The fourth-order valence-corrected chi connectivity index (χ4v) is 3.30. The quantitative estimate of drug-likeness (QED) is 0.767. The summed E-state index contributed by atoms with van der Waals surface area (Å²) in [6, 6.07) is 1.81. The molecule has 0 fully saturated rings. The Balaban J connectivity index is 1.66. The number of aromatic amines is 1. The van der Waals surface area contributed by atoms with Crippen LogP contribution in [0.2, 0.25) is 0 Å². The van der Waals surface area contributed by atoms with Crippen LogP contribution in [0.25, 0.3) is 11.3 Å². The number of aryl methyl sites for hydroxylation is 3. The first-order valence-electron chi connectivity index (χ1n) is 8.60. The SMILES string of the molecule is CCCn1ccc(NC(=O)c2c[nH]c3c2-c2ncncc2CCC3)n1. The van der Waals surface area contributed by atoms with Crippen LogP contribution in [-0.2, 0) is 19.4 Å². The van der Waals surface area contributed by atoms with E-state index in [1.807, 2.05) is 23.1 Å². The summed E-state index contributed by atoms with van der Waals surface area (Å²) in [4.78, 5) is 24.6. The highest BCUT2D eigenvalue weighted by molar-refractivity contribution is 6.08. The zero-order chi connectivity index (χ0) is 17.2. The van der Waals surface area contributed by atoms with E-state index in [0.29, 0.717) is 11.4 Å². The van der Waals surface area contributed by atoms with Gasteiger partial charge in [0.1, 0.15) is 6.33 Å². The Bertz CT molecular complexity index is 910. The number of amides is 1. The van der Waals surface area contributed by atoms with Crippen molar-refractivity contribution in [3.05, 3.63) is 47.8 Å². The van der Waals surface area contributed by atoms with E-state index in [-0.39, 0.29) is 5.91 Å². The van der Waals surface area contributed by atoms with E-state index in [1.165, 1.54) is 6.33 Å². The maximum atomic E-state index is 12.8. The van der Waals surface area contributed by atoms with Gasteiger partial charge in [-0.1, -0.05) is 6.92 Å². The lowest BCUT2D eigenvalue weighted by Gasteiger charge is -2.07. The van der Waals surface area contributed by atoms with Crippen LogP contribution in [0.1, 0.15) is 41.4 Å². The number of anilines is 1. The monoisotopic (exact) mass is 336 g/mol. The predicted molar refractivity (Wildman–Crippen MR) is 94.3 cm³/mol. The molecule has 3 aromatic heterocycles. The maximum Gasteiger partial charge on any atom is 0.259 e. The van der Waals surface area contributed by atoms with Crippen molar-refractivity contribution in [1.29, 1.82) is 0 Å². The molecular formula is C18H20N6O. The molecule has 4 rings (SSSR count). The van der Waals surface area contributed by atoms with Gasteiger partial charge in [-0.25, -0.2) is 9.97 Å². The van der Waals surface area contributed by atoms with Crippen LogP contribution in [0.15, 0.2) is 31.0 Å². The van der Waals surface area contributed by atoms with Crippen LogP contribution in [0.4, 0.5) is 5.82 Å². The van der Waals surface area contributed by atoms with Crippen LogP contribution in [0.5, 0.6) is 0 Å². The molecule has 0 spiro atoms. The Morgan fingerprint density at radius 1 is 1.40 bits per heavy atom. The minimum absolute atomic E-state index is 0.175. The predicted octanol–water partition coefficient (Wildman–Crippen LogP) is 2.82. The fourth-order valence-electron chi connectivity index (χ4n) is 3.30. The molecule has 3 heterocycles. The van der Waals surface area contributed by atoms with Crippen LogP contribution in [-0.4, -0.2) is 30.6 Å². The molecule has 25 heavy (non-hydrogen) atoms. The molecule has 128 valence electrons. The minimum Gasteiger partial charge on any atom is -0.364 e. The number of nitrogens with one attached hydrogen (secondary N) is 2. The second-order valence-electron chi connectivity index (χ2n) is 6.22. The van der Waals surface area contributed by atoms with Crippen molar-refractivity contribution in [2.24, 2.45) is 0 Å². The van der Waals surface area contributed by atoms with E-state index in [0.717, 1.165) is 54.7 Å². The van der Waals surface area contributed by atoms with Gasteiger partial charge in [-0.3, -0.25) is 9.48 Å². The number of carbonyl (C=O) groups is 1. The fraction of sp³-hybridized carbons (Fsp3) is 0.333. The van der Waals surface area contributed by atoms with E-state index < -0.39 is 0 Å². The van der Waals surface area contributed by atoms with Crippen molar-refractivity contribution in [3.8, 4) is 11.3 Å². The van der Waals surface area contributed by atoms with Crippen molar-refractivity contribution < 1.29 is 4.79 Å². The van der Waals surface area contributed by atoms with Gasteiger partial charge >= 0.3 is 0 Å². The standard InChI is InChI=1S/C18H20N6O/c1-2-7-24-8-6-15(23-24)22-18(25)13-10-20-14-5-3-4-12-9-19-11-21-17(12)16(13)14/h6,8-11,20H,2-5,7H2,1H3,(H,22,23,25). The summed E-state index contributed by atoms with van der Waals surface area (Å²) in [7, 11) is 0. The molecule has 7 heteroatoms. The first kappa shape index (κ1) is 15.6. The van der Waals surface area contributed by atoms with Crippen molar-refractivity contribution >= 4 is 11.7 Å². The highest BCUT2D eigenvalue weighted by Crippen LogP contribution is 2.33. The summed E-state index contributed by atoms with van der Waals surface area (Å²) in [5.41, 5.74) is 4.48. The molecule has 1 amide bonds. The summed E-state index contributed by atoms with van der Waals surface area (Å²) >= 11 is 0. The van der Waals surface area contributed by atoms with Crippen molar-refractivity contribution in [1.82, 2.24) is 24.7 Å². The van der Waals surface area contributed by atoms with E-state index in [2.05, 4.69) is 32.3 Å². The molecule has 0 atom stereocenters. The van der Waals surface area contributed by atoms with Crippen molar-refractivity contribution in [3.63, 3.8) is 0 Å². The van der Waals surface area contributed by atoms with Gasteiger partial charge in [0.2, 0.25) is 0 Å². The molecule has 0 bridgehead atoms. The molecule has 0 unspecified atom stereocenters. The van der Waals surface area contributed by atoms with Gasteiger partial charge in [-0.15, -0.1) is 0 Å². The number of hydrogen-bond acceptors (Lipinski definition) is 4. The number of hydrogen-bond donors (Lipinski definition) is 2. The molecule has 0 saturated heterocycles. The lowest BCUT2D eigenvalue weighted by molar-refractivity contribution is 0.102. The molecule has 1 aliphatic rings. The molecule has 0 aromatic carbocycles. The molecule has 3 aromatic rings. The van der Waals surface area contributed by atoms with Crippen LogP contribution in [0, 0.1) is 0 Å². The normalized spacial score (nSPS) is 13.0. The van der Waals surface area contributed by atoms with Crippen LogP contribution < -0.4 is 5.32 Å². The number of rotatable bonds is 4. The van der Waals surface area contributed by atoms with Crippen LogP contribution in [0.3, 0.4) is 0 Å². The lowest BCUT2D eigenvalue weighted by Crippen LogP contribution is -2.13. The largest absolute Gasteiger partial charge is 0.364 e. The van der Waals surface area contributed by atoms with Crippen molar-refractivity contribution in [2.75, 3.05) is 5.32 Å². The van der Waals surface area contributed by atoms with Gasteiger partial charge in [0, 0.05) is 42.5 Å². The Labute approximate surface area is 145 Å². The zero-order valence-electron chi connectivity index (χ0n) is 14.1. The first-order chi connectivity index (χ1) is 12.3. The molecule has 2 N–H and O–H groups in total. The van der Waals surface area contributed by atoms with E-state index >= 15 is 0 Å². The number of H-pyrrole nitrogens is 1. The number of fused-ring (bicyclic) bond motifs is 3. The first-order valence-corrected chi connectivity index (χ1v) is 8.60. The molecule has 1 aliphatic carbocycles. The van der Waals surface area contributed by atoms with E-state index in [9.17, 15) is 4.79 Å².